The molecular formula is C22H23N3O3. The maximum atomic E-state index is 13.4. The molecule has 6 heteroatoms. The van der Waals surface area contributed by atoms with Gasteiger partial charge in [-0.15, -0.1) is 0 Å². The monoisotopic (exact) mass is 377 g/mol. The molecule has 0 aliphatic carbocycles. The van der Waals surface area contributed by atoms with Gasteiger partial charge in [0.2, 0.25) is 11.6 Å². The van der Waals surface area contributed by atoms with Crippen molar-refractivity contribution in [3.8, 4) is 0 Å². The fourth-order valence-corrected chi connectivity index (χ4v) is 4.24. The third-order valence-corrected chi connectivity index (χ3v) is 5.63. The molecular weight excluding hydrogens is 354 g/mol. The lowest BCUT2D eigenvalue weighted by Gasteiger charge is -2.48. The molecule has 4 rings (SSSR count). The maximum Gasteiger partial charge on any atom is 0.267 e. The molecule has 2 aromatic rings. The molecule has 1 N–H and O–H groups in total. The van der Waals surface area contributed by atoms with E-state index in [2.05, 4.69) is 5.32 Å². The van der Waals surface area contributed by atoms with E-state index in [-0.39, 0.29) is 24.1 Å². The van der Waals surface area contributed by atoms with Crippen LogP contribution in [0.2, 0.25) is 0 Å². The van der Waals surface area contributed by atoms with Crippen molar-refractivity contribution in [3.05, 3.63) is 65.2 Å². The highest BCUT2D eigenvalue weighted by atomic mass is 16.2. The number of nitrogens with one attached hydrogen (secondary N) is 1. The van der Waals surface area contributed by atoms with Crippen LogP contribution >= 0.6 is 0 Å². The van der Waals surface area contributed by atoms with Crippen LogP contribution in [-0.2, 0) is 16.1 Å². The summed E-state index contributed by atoms with van der Waals surface area (Å²) in [6, 6.07) is 14.9. The summed E-state index contributed by atoms with van der Waals surface area (Å²) < 4.78 is 0. The number of fused-ring (bicyclic) bond motifs is 3. The van der Waals surface area contributed by atoms with Crippen LogP contribution in [-0.4, -0.2) is 34.8 Å². The van der Waals surface area contributed by atoms with Crippen molar-refractivity contribution in [2.75, 3.05) is 11.4 Å². The highest BCUT2D eigenvalue weighted by molar-refractivity contribution is 6.16. The van der Waals surface area contributed by atoms with Gasteiger partial charge in [0, 0.05) is 25.9 Å². The van der Waals surface area contributed by atoms with Crippen molar-refractivity contribution in [1.29, 1.82) is 0 Å². The summed E-state index contributed by atoms with van der Waals surface area (Å²) in [4.78, 5) is 42.4. The number of hydrogen-bond donors (Lipinski definition) is 1. The number of likely N-dealkylation sites (N-methyl/N-ethyl adjacent to an activating group) is 1. The smallest absolute Gasteiger partial charge is 0.267 e. The van der Waals surface area contributed by atoms with Gasteiger partial charge in [0.1, 0.15) is 0 Å². The number of hydrogen-bond acceptors (Lipinski definition) is 3. The fourth-order valence-electron chi connectivity index (χ4n) is 4.24. The van der Waals surface area contributed by atoms with Gasteiger partial charge in [-0.3, -0.25) is 19.3 Å². The van der Waals surface area contributed by atoms with Crippen LogP contribution in [0, 0.1) is 6.92 Å². The van der Waals surface area contributed by atoms with Crippen molar-refractivity contribution in [3.63, 3.8) is 0 Å². The van der Waals surface area contributed by atoms with E-state index in [1.807, 2.05) is 38.1 Å². The van der Waals surface area contributed by atoms with E-state index >= 15 is 0 Å². The van der Waals surface area contributed by atoms with Crippen LogP contribution in [0.15, 0.2) is 48.5 Å². The van der Waals surface area contributed by atoms with Gasteiger partial charge in [0.25, 0.3) is 11.8 Å². The van der Waals surface area contributed by atoms with Crippen molar-refractivity contribution in [1.82, 2.24) is 10.2 Å². The zero-order valence-corrected chi connectivity index (χ0v) is 16.1. The van der Waals surface area contributed by atoms with Crippen LogP contribution in [0.3, 0.4) is 0 Å². The normalized spacial score (nSPS) is 20.8. The molecule has 2 heterocycles. The second-order valence-electron chi connectivity index (χ2n) is 7.28. The summed E-state index contributed by atoms with van der Waals surface area (Å²) in [5.74, 6) is -0.665. The lowest BCUT2D eigenvalue weighted by Crippen LogP contribution is -2.70. The highest BCUT2D eigenvalue weighted by Gasteiger charge is 2.60. The molecule has 2 aliphatic heterocycles. The van der Waals surface area contributed by atoms with Gasteiger partial charge >= 0.3 is 0 Å². The molecule has 144 valence electrons. The van der Waals surface area contributed by atoms with Gasteiger partial charge in [-0.2, -0.15) is 0 Å². The summed E-state index contributed by atoms with van der Waals surface area (Å²) in [6.07, 6.45) is 0.523. The predicted octanol–water partition coefficient (Wildman–Crippen LogP) is 2.61. The van der Waals surface area contributed by atoms with E-state index in [9.17, 15) is 14.4 Å². The van der Waals surface area contributed by atoms with Crippen molar-refractivity contribution in [2.24, 2.45) is 0 Å². The van der Waals surface area contributed by atoms with Gasteiger partial charge in [0.15, 0.2) is 0 Å². The second kappa shape index (κ2) is 6.78. The molecule has 1 unspecified atom stereocenters. The van der Waals surface area contributed by atoms with Crippen molar-refractivity contribution < 1.29 is 14.4 Å². The maximum absolute atomic E-state index is 13.4. The first-order valence-electron chi connectivity index (χ1n) is 9.57. The van der Waals surface area contributed by atoms with Gasteiger partial charge < -0.3 is 10.2 Å². The lowest BCUT2D eigenvalue weighted by atomic mass is 9.95. The van der Waals surface area contributed by atoms with Gasteiger partial charge in [-0.05, 0) is 31.5 Å². The number of para-hydroxylation sites is 1. The summed E-state index contributed by atoms with van der Waals surface area (Å²) in [6.45, 7) is 4.53. The number of carbonyl (C=O) groups is 3. The van der Waals surface area contributed by atoms with E-state index in [1.165, 1.54) is 9.80 Å². The molecule has 1 fully saturated rings. The largest absolute Gasteiger partial charge is 0.348 e. The molecule has 6 nitrogen and oxygen atoms in total. The first-order chi connectivity index (χ1) is 13.5. The topological polar surface area (TPSA) is 69.7 Å². The van der Waals surface area contributed by atoms with E-state index < -0.39 is 5.66 Å². The fraction of sp³-hybridized carbons (Fsp3) is 0.318. The van der Waals surface area contributed by atoms with Crippen LogP contribution in [0.4, 0.5) is 5.69 Å². The first-order valence-corrected chi connectivity index (χ1v) is 9.57. The summed E-state index contributed by atoms with van der Waals surface area (Å²) in [5, 5.41) is 2.96. The van der Waals surface area contributed by atoms with Gasteiger partial charge in [0.05, 0.1) is 11.3 Å². The number of nitrogens with zero attached hydrogens (tertiary/aromatic N) is 2. The van der Waals surface area contributed by atoms with E-state index in [1.54, 1.807) is 24.3 Å². The minimum atomic E-state index is -1.30. The SMILES string of the molecule is CCN1C(=O)c2ccccc2N2C(=O)CCC12C(=O)NCc1ccc(C)cc1. The Balaban J connectivity index is 1.72. The Morgan fingerprint density at radius 1 is 1.11 bits per heavy atom. The predicted molar refractivity (Wildman–Crippen MR) is 106 cm³/mol. The Hall–Kier alpha value is -3.15. The van der Waals surface area contributed by atoms with Crippen molar-refractivity contribution in [2.45, 2.75) is 38.9 Å². The standard InChI is InChI=1S/C22H23N3O3/c1-3-24-20(27)17-6-4-5-7-18(17)25-19(26)12-13-22(24,25)21(28)23-14-16-10-8-15(2)9-11-16/h4-11H,3,12-14H2,1-2H3,(H,23,28). The molecule has 0 saturated carbocycles. The number of anilines is 1. The van der Waals surface area contributed by atoms with Crippen LogP contribution < -0.4 is 10.2 Å². The zero-order valence-electron chi connectivity index (χ0n) is 16.1. The quantitative estimate of drug-likeness (QED) is 0.890. The Labute approximate surface area is 164 Å². The van der Waals surface area contributed by atoms with Crippen LogP contribution in [0.1, 0.15) is 41.3 Å². The molecule has 1 saturated heterocycles. The third kappa shape index (κ3) is 2.59. The molecule has 1 atom stereocenters. The van der Waals surface area contributed by atoms with Gasteiger partial charge in [-0.1, -0.05) is 42.0 Å². The molecule has 3 amide bonds. The molecule has 0 radical (unpaired) electrons. The number of carbonyl (C=O) groups excluding carboxylic acids is 3. The molecule has 28 heavy (non-hydrogen) atoms. The van der Waals surface area contributed by atoms with E-state index in [4.69, 9.17) is 0 Å². The lowest BCUT2D eigenvalue weighted by molar-refractivity contribution is -0.133. The van der Waals surface area contributed by atoms with Crippen LogP contribution in [0.25, 0.3) is 0 Å². The molecule has 0 aromatic heterocycles. The summed E-state index contributed by atoms with van der Waals surface area (Å²) in [7, 11) is 0. The van der Waals surface area contributed by atoms with Crippen molar-refractivity contribution >= 4 is 23.4 Å². The minimum Gasteiger partial charge on any atom is -0.348 e. The Kier molecular flexibility index (Phi) is 4.41. The number of aryl methyl sites for hydroxylation is 1. The Bertz CT molecular complexity index is 954. The Morgan fingerprint density at radius 3 is 2.54 bits per heavy atom. The van der Waals surface area contributed by atoms with E-state index in [0.717, 1.165) is 11.1 Å². The Morgan fingerprint density at radius 2 is 1.82 bits per heavy atom. The first kappa shape index (κ1) is 18.2. The highest BCUT2D eigenvalue weighted by Crippen LogP contribution is 2.44. The van der Waals surface area contributed by atoms with Gasteiger partial charge in [-0.25, -0.2) is 0 Å². The number of amides is 3. The molecule has 2 aliphatic rings. The molecule has 0 spiro atoms. The zero-order chi connectivity index (χ0) is 19.9. The number of rotatable bonds is 4. The average molecular weight is 377 g/mol. The summed E-state index contributed by atoms with van der Waals surface area (Å²) >= 11 is 0. The van der Waals surface area contributed by atoms with E-state index in [0.29, 0.717) is 30.8 Å². The molecule has 2 aromatic carbocycles. The summed E-state index contributed by atoms with van der Waals surface area (Å²) in [5.41, 5.74) is 1.79. The van der Waals surface area contributed by atoms with Crippen LogP contribution in [0.5, 0.6) is 0 Å². The average Bonchev–Trinajstić information content (AvgIpc) is 3.06. The third-order valence-electron chi connectivity index (χ3n) is 5.63. The minimum absolute atomic E-state index is 0.135. The molecule has 0 bridgehead atoms. The number of benzene rings is 2. The second-order valence-corrected chi connectivity index (χ2v) is 7.28.